The van der Waals surface area contributed by atoms with Crippen LogP contribution in [0.15, 0.2) is 22.7 Å². The lowest BCUT2D eigenvalue weighted by atomic mass is 9.97. The van der Waals surface area contributed by atoms with Gasteiger partial charge in [-0.2, -0.15) is 0 Å². The van der Waals surface area contributed by atoms with Gasteiger partial charge in [0, 0.05) is 44.7 Å². The van der Waals surface area contributed by atoms with Gasteiger partial charge in [-0.1, -0.05) is 0 Å². The third kappa shape index (κ3) is 2.79. The molecular formula is C17H22N4O2. The van der Waals surface area contributed by atoms with E-state index in [0.717, 1.165) is 30.2 Å². The number of nitrogens with one attached hydrogen (secondary N) is 1. The summed E-state index contributed by atoms with van der Waals surface area (Å²) in [6, 6.07) is 3.97. The molecule has 2 aromatic heterocycles. The van der Waals surface area contributed by atoms with Crippen LogP contribution in [-0.2, 0) is 0 Å². The van der Waals surface area contributed by atoms with Crippen molar-refractivity contribution in [2.75, 3.05) is 38.6 Å². The highest BCUT2D eigenvalue weighted by atomic mass is 16.4. The lowest BCUT2D eigenvalue weighted by molar-refractivity contribution is 0.0904. The summed E-state index contributed by atoms with van der Waals surface area (Å²) in [5.74, 6) is 1.41. The molecule has 2 aliphatic heterocycles. The molecule has 4 heterocycles. The summed E-state index contributed by atoms with van der Waals surface area (Å²) in [4.78, 5) is 21.1. The molecule has 6 heteroatoms. The molecule has 4 rings (SSSR count). The first-order chi connectivity index (χ1) is 11.1. The summed E-state index contributed by atoms with van der Waals surface area (Å²) in [6.45, 7) is 3.32. The fourth-order valence-electron chi connectivity index (χ4n) is 3.70. The molecule has 3 atom stereocenters. The Kier molecular flexibility index (Phi) is 3.49. The van der Waals surface area contributed by atoms with Crippen LogP contribution in [0.25, 0.3) is 11.0 Å². The van der Waals surface area contributed by atoms with Crippen molar-refractivity contribution in [3.05, 3.63) is 24.0 Å². The molecule has 0 aliphatic carbocycles. The van der Waals surface area contributed by atoms with Crippen LogP contribution >= 0.6 is 0 Å². The van der Waals surface area contributed by atoms with Crippen LogP contribution in [0.5, 0.6) is 0 Å². The lowest BCUT2D eigenvalue weighted by Crippen LogP contribution is -2.47. The Balaban J connectivity index is 1.50. The zero-order valence-corrected chi connectivity index (χ0v) is 13.6. The van der Waals surface area contributed by atoms with Crippen LogP contribution < -0.4 is 10.2 Å². The number of pyridine rings is 1. The first-order valence-electron chi connectivity index (χ1n) is 8.18. The number of hydrogen-bond donors (Lipinski definition) is 1. The van der Waals surface area contributed by atoms with E-state index in [9.17, 15) is 4.79 Å². The van der Waals surface area contributed by atoms with Crippen molar-refractivity contribution < 1.29 is 9.21 Å². The number of anilines is 1. The molecule has 0 saturated carbocycles. The number of carbonyl (C=O) groups excluding carboxylic acids is 1. The Hall–Kier alpha value is -2.08. The highest BCUT2D eigenvalue weighted by Gasteiger charge is 2.33. The molecule has 0 aromatic carbocycles. The summed E-state index contributed by atoms with van der Waals surface area (Å²) >= 11 is 0. The van der Waals surface area contributed by atoms with E-state index < -0.39 is 0 Å². The van der Waals surface area contributed by atoms with Gasteiger partial charge in [0.05, 0.1) is 6.20 Å². The monoisotopic (exact) mass is 314 g/mol. The van der Waals surface area contributed by atoms with Crippen molar-refractivity contribution in [3.8, 4) is 0 Å². The van der Waals surface area contributed by atoms with Crippen LogP contribution in [0, 0.1) is 5.92 Å². The van der Waals surface area contributed by atoms with E-state index in [4.69, 9.17) is 4.42 Å². The van der Waals surface area contributed by atoms with Crippen LogP contribution in [0.1, 0.15) is 23.3 Å². The molecule has 0 radical (unpaired) electrons. The van der Waals surface area contributed by atoms with Crippen LogP contribution in [0.2, 0.25) is 0 Å². The van der Waals surface area contributed by atoms with Gasteiger partial charge in [-0.3, -0.25) is 4.79 Å². The van der Waals surface area contributed by atoms with Crippen molar-refractivity contribution in [1.29, 1.82) is 0 Å². The minimum Gasteiger partial charge on any atom is -0.439 e. The molecule has 3 unspecified atom stereocenters. The van der Waals surface area contributed by atoms with Gasteiger partial charge in [0.25, 0.3) is 5.91 Å². The zero-order chi connectivity index (χ0) is 16.0. The molecule has 1 amide bonds. The molecule has 1 N–H and O–H groups in total. The second kappa shape index (κ2) is 5.53. The van der Waals surface area contributed by atoms with Crippen molar-refractivity contribution in [3.63, 3.8) is 0 Å². The largest absolute Gasteiger partial charge is 0.439 e. The SMILES string of the molecule is CN(C)c1cc2cc(C(=O)NC3CC4CCN(C4)C3)ncc2o1. The van der Waals surface area contributed by atoms with Gasteiger partial charge >= 0.3 is 0 Å². The first kappa shape index (κ1) is 14.5. The Morgan fingerprint density at radius 1 is 1.39 bits per heavy atom. The number of piperidine rings is 1. The average molecular weight is 314 g/mol. The van der Waals surface area contributed by atoms with Gasteiger partial charge < -0.3 is 19.5 Å². The number of hydrogen-bond acceptors (Lipinski definition) is 5. The minimum absolute atomic E-state index is 0.0907. The number of carbonyl (C=O) groups is 1. The van der Waals surface area contributed by atoms with Crippen LogP contribution in [0.4, 0.5) is 5.88 Å². The van der Waals surface area contributed by atoms with E-state index in [-0.39, 0.29) is 11.9 Å². The number of rotatable bonds is 3. The number of amides is 1. The number of furan rings is 1. The lowest BCUT2D eigenvalue weighted by Gasteiger charge is -2.30. The van der Waals surface area contributed by atoms with Crippen LogP contribution in [-0.4, -0.2) is 55.6 Å². The molecule has 2 aromatic rings. The molecule has 2 fully saturated rings. The van der Waals surface area contributed by atoms with Gasteiger partial charge in [0.15, 0.2) is 11.5 Å². The molecule has 2 bridgehead atoms. The number of nitrogens with zero attached hydrogens (tertiary/aromatic N) is 3. The smallest absolute Gasteiger partial charge is 0.270 e. The maximum atomic E-state index is 12.5. The minimum atomic E-state index is -0.0907. The Bertz CT molecular complexity index is 727. The van der Waals surface area contributed by atoms with Crippen molar-refractivity contribution >= 4 is 22.8 Å². The van der Waals surface area contributed by atoms with Gasteiger partial charge in [-0.15, -0.1) is 0 Å². The van der Waals surface area contributed by atoms with E-state index in [1.165, 1.54) is 19.5 Å². The molecule has 23 heavy (non-hydrogen) atoms. The standard InChI is InChI=1S/C17H22N4O2/c1-20(2)16-7-12-6-14(18-8-15(12)23-16)17(22)19-13-5-11-3-4-21(9-11)10-13/h6-8,11,13H,3-5,9-10H2,1-2H3,(H,19,22). The molecule has 122 valence electrons. The first-order valence-corrected chi connectivity index (χ1v) is 8.18. The van der Waals surface area contributed by atoms with E-state index in [0.29, 0.717) is 11.3 Å². The molecule has 2 saturated heterocycles. The summed E-state index contributed by atoms with van der Waals surface area (Å²) in [6.07, 6.45) is 3.98. The molecule has 0 spiro atoms. The van der Waals surface area contributed by atoms with Gasteiger partial charge in [0.2, 0.25) is 0 Å². The van der Waals surface area contributed by atoms with Crippen molar-refractivity contribution in [2.24, 2.45) is 5.92 Å². The van der Waals surface area contributed by atoms with E-state index in [2.05, 4.69) is 15.2 Å². The predicted octanol–water partition coefficient (Wildman–Crippen LogP) is 1.72. The maximum Gasteiger partial charge on any atom is 0.270 e. The highest BCUT2D eigenvalue weighted by molar-refractivity contribution is 5.96. The number of fused-ring (bicyclic) bond motifs is 3. The van der Waals surface area contributed by atoms with Gasteiger partial charge in [-0.05, 0) is 31.4 Å². The summed E-state index contributed by atoms with van der Waals surface area (Å²) < 4.78 is 5.68. The third-order valence-corrected chi connectivity index (χ3v) is 4.87. The topological polar surface area (TPSA) is 61.6 Å². The molecule has 2 aliphatic rings. The fraction of sp³-hybridized carbons (Fsp3) is 0.529. The average Bonchev–Trinajstić information content (AvgIpc) is 3.09. The Morgan fingerprint density at radius 2 is 2.26 bits per heavy atom. The second-order valence-electron chi connectivity index (χ2n) is 6.91. The van der Waals surface area contributed by atoms with E-state index in [1.807, 2.05) is 25.1 Å². The number of aromatic nitrogens is 1. The summed E-state index contributed by atoms with van der Waals surface area (Å²) in [5, 5.41) is 4.05. The predicted molar refractivity (Wildman–Crippen MR) is 88.8 cm³/mol. The zero-order valence-electron chi connectivity index (χ0n) is 13.6. The highest BCUT2D eigenvalue weighted by Crippen LogP contribution is 2.27. The molecule has 6 nitrogen and oxygen atoms in total. The Labute approximate surface area is 135 Å². The van der Waals surface area contributed by atoms with E-state index >= 15 is 0 Å². The molecular weight excluding hydrogens is 292 g/mol. The summed E-state index contributed by atoms with van der Waals surface area (Å²) in [5.41, 5.74) is 1.16. The van der Waals surface area contributed by atoms with Crippen LogP contribution in [0.3, 0.4) is 0 Å². The van der Waals surface area contributed by atoms with Gasteiger partial charge in [0.1, 0.15) is 5.69 Å². The fourth-order valence-corrected chi connectivity index (χ4v) is 3.70. The summed E-state index contributed by atoms with van der Waals surface area (Å²) in [7, 11) is 3.84. The maximum absolute atomic E-state index is 12.5. The third-order valence-electron chi connectivity index (χ3n) is 4.87. The Morgan fingerprint density at radius 3 is 3.04 bits per heavy atom. The van der Waals surface area contributed by atoms with Gasteiger partial charge in [-0.25, -0.2) is 4.98 Å². The quantitative estimate of drug-likeness (QED) is 0.934. The van der Waals surface area contributed by atoms with Crippen molar-refractivity contribution in [2.45, 2.75) is 18.9 Å². The van der Waals surface area contributed by atoms with E-state index in [1.54, 1.807) is 12.3 Å². The van der Waals surface area contributed by atoms with Crippen molar-refractivity contribution in [1.82, 2.24) is 15.2 Å². The normalized spacial score (nSPS) is 26.4. The second-order valence-corrected chi connectivity index (χ2v) is 6.91.